The average molecular weight is 467 g/mol. The van der Waals surface area contributed by atoms with Gasteiger partial charge in [-0.1, -0.05) is 6.07 Å². The highest BCUT2D eigenvalue weighted by molar-refractivity contribution is 7.71. The predicted molar refractivity (Wildman–Crippen MR) is 125 cm³/mol. The van der Waals surface area contributed by atoms with Crippen LogP contribution in [0.3, 0.4) is 0 Å². The van der Waals surface area contributed by atoms with Crippen molar-refractivity contribution in [3.05, 3.63) is 52.8 Å². The fourth-order valence-electron chi connectivity index (χ4n) is 4.52. The van der Waals surface area contributed by atoms with E-state index in [1.807, 2.05) is 51.9 Å². The van der Waals surface area contributed by atoms with Crippen LogP contribution in [0.5, 0.6) is 17.2 Å². The number of carbonyl (C=O) groups is 1. The lowest BCUT2D eigenvalue weighted by molar-refractivity contribution is -0.132. The molecule has 0 unspecified atom stereocenters. The molecule has 0 saturated carbocycles. The van der Waals surface area contributed by atoms with Crippen molar-refractivity contribution in [3.8, 4) is 28.6 Å². The van der Waals surface area contributed by atoms with E-state index in [1.54, 1.807) is 7.11 Å². The van der Waals surface area contributed by atoms with E-state index in [2.05, 4.69) is 10.2 Å². The van der Waals surface area contributed by atoms with E-state index in [9.17, 15) is 4.79 Å². The Morgan fingerprint density at radius 2 is 1.97 bits per heavy atom. The first-order valence-electron chi connectivity index (χ1n) is 11.1. The highest BCUT2D eigenvalue weighted by Crippen LogP contribution is 2.38. The summed E-state index contributed by atoms with van der Waals surface area (Å²) in [5, 5.41) is 7.23. The third-order valence-corrected chi connectivity index (χ3v) is 6.49. The van der Waals surface area contributed by atoms with Gasteiger partial charge in [0, 0.05) is 25.1 Å². The number of aromatic nitrogens is 3. The van der Waals surface area contributed by atoms with Gasteiger partial charge in [0.05, 0.1) is 13.2 Å². The van der Waals surface area contributed by atoms with Gasteiger partial charge in [0.1, 0.15) is 19.0 Å². The summed E-state index contributed by atoms with van der Waals surface area (Å²) in [4.78, 5) is 15.2. The number of methoxy groups -OCH3 is 1. The number of carbonyl (C=O) groups excluding carboxylic acids is 1. The number of ether oxygens (including phenoxy) is 3. The van der Waals surface area contributed by atoms with E-state index < -0.39 is 0 Å². The van der Waals surface area contributed by atoms with Crippen molar-refractivity contribution in [2.45, 2.75) is 31.8 Å². The molecular weight excluding hydrogens is 440 g/mol. The first-order valence-corrected chi connectivity index (χ1v) is 11.5. The molecule has 2 aliphatic heterocycles. The highest BCUT2D eigenvalue weighted by Gasteiger charge is 2.30. The lowest BCUT2D eigenvalue weighted by atomic mass is 10.0. The van der Waals surface area contributed by atoms with Crippen molar-refractivity contribution in [1.82, 2.24) is 19.7 Å². The maximum Gasteiger partial charge on any atom is 0.224 e. The summed E-state index contributed by atoms with van der Waals surface area (Å²) in [7, 11) is 1.63. The Morgan fingerprint density at radius 3 is 2.76 bits per heavy atom. The van der Waals surface area contributed by atoms with E-state index >= 15 is 0 Å². The first kappa shape index (κ1) is 21.5. The van der Waals surface area contributed by atoms with Gasteiger partial charge in [0.2, 0.25) is 5.91 Å². The molecule has 0 aliphatic carbocycles. The highest BCUT2D eigenvalue weighted by atomic mass is 32.1. The smallest absolute Gasteiger partial charge is 0.224 e. The van der Waals surface area contributed by atoms with Crippen LogP contribution in [0.25, 0.3) is 11.4 Å². The molecule has 172 valence electrons. The zero-order valence-electron chi connectivity index (χ0n) is 18.5. The van der Waals surface area contributed by atoms with E-state index in [0.717, 1.165) is 47.8 Å². The lowest BCUT2D eigenvalue weighted by Gasteiger charge is -2.27. The van der Waals surface area contributed by atoms with Gasteiger partial charge in [-0.25, -0.2) is 0 Å². The van der Waals surface area contributed by atoms with E-state index in [1.165, 1.54) is 0 Å². The molecule has 3 heterocycles. The van der Waals surface area contributed by atoms with Crippen molar-refractivity contribution >= 4 is 18.1 Å². The van der Waals surface area contributed by atoms with Crippen molar-refractivity contribution in [2.75, 3.05) is 26.9 Å². The second-order valence-corrected chi connectivity index (χ2v) is 8.52. The number of hydrogen-bond donors (Lipinski definition) is 1. The Morgan fingerprint density at radius 1 is 1.18 bits per heavy atom. The van der Waals surface area contributed by atoms with Gasteiger partial charge in [-0.2, -0.15) is 5.10 Å². The fraction of sp³-hybridized carbons (Fsp3) is 0.375. The van der Waals surface area contributed by atoms with Gasteiger partial charge in [-0.05, 0) is 67.0 Å². The molecule has 1 aromatic heterocycles. The summed E-state index contributed by atoms with van der Waals surface area (Å²) in [6.07, 6.45) is 2.26. The molecule has 9 heteroatoms. The van der Waals surface area contributed by atoms with Crippen LogP contribution in [0, 0.1) is 4.77 Å². The maximum atomic E-state index is 13.2. The number of aromatic amines is 1. The minimum Gasteiger partial charge on any atom is -0.497 e. The quantitative estimate of drug-likeness (QED) is 0.550. The Balaban J connectivity index is 1.30. The van der Waals surface area contributed by atoms with Crippen LogP contribution in [0.1, 0.15) is 30.9 Å². The summed E-state index contributed by atoms with van der Waals surface area (Å²) < 4.78 is 19.0. The van der Waals surface area contributed by atoms with Crippen LogP contribution in [-0.4, -0.2) is 52.4 Å². The molecule has 3 aromatic rings. The topological polar surface area (TPSA) is 81.6 Å². The lowest BCUT2D eigenvalue weighted by Crippen LogP contribution is -2.31. The second kappa shape index (κ2) is 9.27. The molecule has 1 atom stereocenters. The van der Waals surface area contributed by atoms with Gasteiger partial charge < -0.3 is 19.1 Å². The van der Waals surface area contributed by atoms with Crippen LogP contribution >= 0.6 is 12.2 Å². The molecule has 1 saturated heterocycles. The van der Waals surface area contributed by atoms with Crippen molar-refractivity contribution in [1.29, 1.82) is 0 Å². The number of fused-ring (bicyclic) bond motifs is 1. The van der Waals surface area contributed by atoms with Gasteiger partial charge in [0.15, 0.2) is 22.1 Å². The molecule has 33 heavy (non-hydrogen) atoms. The summed E-state index contributed by atoms with van der Waals surface area (Å²) in [6.45, 7) is 2.32. The van der Waals surface area contributed by atoms with Gasteiger partial charge in [-0.3, -0.25) is 14.5 Å². The maximum absolute atomic E-state index is 13.2. The molecule has 5 rings (SSSR count). The summed E-state index contributed by atoms with van der Waals surface area (Å²) in [5.41, 5.74) is 2.00. The zero-order chi connectivity index (χ0) is 22.8. The molecule has 0 bridgehead atoms. The van der Waals surface area contributed by atoms with E-state index in [0.29, 0.717) is 36.8 Å². The third-order valence-electron chi connectivity index (χ3n) is 6.18. The molecule has 1 fully saturated rings. The molecule has 0 radical (unpaired) electrons. The fourth-order valence-corrected chi connectivity index (χ4v) is 4.74. The standard InChI is InChI=1S/C24H26N4O4S/c1-30-18-7-4-16(5-8-18)23-25-26-24(33)28(23)12-10-22(29)27-11-2-3-19(27)17-6-9-20-21(15-17)32-14-13-31-20/h4-9,15,19H,2-3,10-14H2,1H3,(H,26,33)/t19-/m0/s1. The van der Waals surface area contributed by atoms with Crippen LogP contribution in [0.4, 0.5) is 0 Å². The van der Waals surface area contributed by atoms with Crippen LogP contribution < -0.4 is 14.2 Å². The van der Waals surface area contributed by atoms with Gasteiger partial charge in [0.25, 0.3) is 0 Å². The van der Waals surface area contributed by atoms with Gasteiger partial charge >= 0.3 is 0 Å². The van der Waals surface area contributed by atoms with Crippen LogP contribution in [0.2, 0.25) is 0 Å². The Kier molecular flexibility index (Phi) is 6.04. The number of H-pyrrole nitrogens is 1. The monoisotopic (exact) mass is 466 g/mol. The number of nitrogens with one attached hydrogen (secondary N) is 1. The predicted octanol–water partition coefficient (Wildman–Crippen LogP) is 4.14. The summed E-state index contributed by atoms with van der Waals surface area (Å²) in [5.74, 6) is 3.11. The zero-order valence-corrected chi connectivity index (χ0v) is 19.3. The number of hydrogen-bond acceptors (Lipinski definition) is 6. The average Bonchev–Trinajstić information content (AvgIpc) is 3.49. The van der Waals surface area contributed by atoms with Crippen molar-refractivity contribution < 1.29 is 19.0 Å². The molecule has 0 spiro atoms. The van der Waals surface area contributed by atoms with E-state index in [-0.39, 0.29) is 11.9 Å². The van der Waals surface area contributed by atoms with Crippen LogP contribution in [-0.2, 0) is 11.3 Å². The Labute approximate surface area is 197 Å². The normalized spacial score (nSPS) is 17.2. The Bertz CT molecular complexity index is 1200. The molecule has 8 nitrogen and oxygen atoms in total. The van der Waals surface area contributed by atoms with E-state index in [4.69, 9.17) is 26.4 Å². The number of nitrogens with zero attached hydrogens (tertiary/aromatic N) is 3. The third kappa shape index (κ3) is 4.32. The SMILES string of the molecule is COc1ccc(-c2n[nH]c(=S)n2CCC(=O)N2CCC[C@H]2c2ccc3c(c2)OCCO3)cc1. The second-order valence-electron chi connectivity index (χ2n) is 8.13. The Hall–Kier alpha value is -3.33. The molecule has 2 aromatic carbocycles. The molecular formula is C24H26N4O4S. The largest absolute Gasteiger partial charge is 0.497 e. The minimum absolute atomic E-state index is 0.0479. The number of likely N-dealkylation sites (tertiary alicyclic amines) is 1. The first-order chi connectivity index (χ1) is 16.1. The minimum atomic E-state index is 0.0479. The number of benzene rings is 2. The number of rotatable bonds is 6. The molecule has 1 amide bonds. The van der Waals surface area contributed by atoms with Crippen molar-refractivity contribution in [2.24, 2.45) is 0 Å². The number of amides is 1. The summed E-state index contributed by atoms with van der Waals surface area (Å²) >= 11 is 5.43. The van der Waals surface area contributed by atoms with Gasteiger partial charge in [-0.15, -0.1) is 0 Å². The molecule has 1 N–H and O–H groups in total. The van der Waals surface area contributed by atoms with Crippen molar-refractivity contribution in [3.63, 3.8) is 0 Å². The summed E-state index contributed by atoms with van der Waals surface area (Å²) in [6, 6.07) is 13.7. The van der Waals surface area contributed by atoms with Crippen LogP contribution in [0.15, 0.2) is 42.5 Å². The molecule has 2 aliphatic rings.